The molecule has 2 aromatic rings. The molecule has 0 aliphatic carbocycles. The molecule has 1 heterocycles. The Morgan fingerprint density at radius 1 is 1.23 bits per heavy atom. The lowest BCUT2D eigenvalue weighted by Gasteiger charge is -2.18. The van der Waals surface area contributed by atoms with Gasteiger partial charge in [0, 0.05) is 17.1 Å². The number of benzene rings is 1. The molecule has 1 aromatic heterocycles. The number of nitrogens with one attached hydrogen (secondary N) is 1. The van der Waals surface area contributed by atoms with Crippen LogP contribution in [0.4, 0.5) is 0 Å². The third-order valence-electron chi connectivity index (χ3n) is 3.91. The number of carbonyl (C=O) groups excluding carboxylic acids is 2. The Labute approximate surface area is 163 Å². The van der Waals surface area contributed by atoms with Crippen molar-refractivity contribution in [3.05, 3.63) is 57.8 Å². The number of thioether (sulfide) groups is 1. The van der Waals surface area contributed by atoms with Crippen LogP contribution in [0.25, 0.3) is 0 Å². The second kappa shape index (κ2) is 11.0. The fraction of sp³-hybridized carbons (Fsp3) is 0.400. The van der Waals surface area contributed by atoms with E-state index in [2.05, 4.69) is 41.2 Å². The number of thiophene rings is 1. The highest BCUT2D eigenvalue weighted by Crippen LogP contribution is 2.26. The molecule has 1 unspecified atom stereocenters. The summed E-state index contributed by atoms with van der Waals surface area (Å²) in [6.07, 6.45) is 2.55. The van der Waals surface area contributed by atoms with Gasteiger partial charge in [-0.3, -0.25) is 9.59 Å². The molecule has 0 bridgehead atoms. The lowest BCUT2D eigenvalue weighted by atomic mass is 10.0. The minimum atomic E-state index is -0.265. The first-order valence-corrected chi connectivity index (χ1v) is 10.7. The van der Waals surface area contributed by atoms with Gasteiger partial charge in [-0.1, -0.05) is 43.7 Å². The second-order valence-electron chi connectivity index (χ2n) is 5.89. The predicted octanol–water partition coefficient (Wildman–Crippen LogP) is 4.20. The normalized spacial score (nSPS) is 11.8. The van der Waals surface area contributed by atoms with Crippen molar-refractivity contribution in [2.45, 2.75) is 32.2 Å². The summed E-state index contributed by atoms with van der Waals surface area (Å²) in [4.78, 5) is 24.6. The van der Waals surface area contributed by atoms with E-state index in [-0.39, 0.29) is 23.7 Å². The second-order valence-corrected chi connectivity index (χ2v) is 7.97. The molecule has 0 saturated heterocycles. The number of amides is 1. The van der Waals surface area contributed by atoms with Crippen molar-refractivity contribution in [2.75, 3.05) is 18.6 Å². The van der Waals surface area contributed by atoms with Gasteiger partial charge in [0.25, 0.3) is 0 Å². The number of methoxy groups -OCH3 is 1. The summed E-state index contributed by atoms with van der Waals surface area (Å²) in [6, 6.07) is 12.4. The molecule has 2 rings (SSSR count). The van der Waals surface area contributed by atoms with Crippen LogP contribution in [0, 0.1) is 0 Å². The van der Waals surface area contributed by atoms with E-state index in [9.17, 15) is 9.59 Å². The molecule has 0 aliphatic heterocycles. The van der Waals surface area contributed by atoms with Crippen LogP contribution in [0.1, 0.15) is 41.8 Å². The number of hydrogen-bond acceptors (Lipinski definition) is 5. The monoisotopic (exact) mass is 391 g/mol. The SMILES string of the molecule is CCCc1ccc(C(NC(=O)CCSCC(=O)OC)c2cccs2)cc1. The zero-order valence-electron chi connectivity index (χ0n) is 15.2. The van der Waals surface area contributed by atoms with Gasteiger partial charge in [-0.2, -0.15) is 0 Å². The summed E-state index contributed by atoms with van der Waals surface area (Å²) in [5.41, 5.74) is 2.40. The maximum absolute atomic E-state index is 12.4. The Kier molecular flexibility index (Phi) is 8.71. The van der Waals surface area contributed by atoms with Crippen LogP contribution in [0.2, 0.25) is 0 Å². The van der Waals surface area contributed by atoms with Gasteiger partial charge in [0.05, 0.1) is 18.9 Å². The molecule has 1 N–H and O–H groups in total. The Morgan fingerprint density at radius 3 is 2.62 bits per heavy atom. The van der Waals surface area contributed by atoms with Crippen LogP contribution in [-0.4, -0.2) is 30.5 Å². The average molecular weight is 392 g/mol. The van der Waals surface area contributed by atoms with Crippen LogP contribution in [0.5, 0.6) is 0 Å². The lowest BCUT2D eigenvalue weighted by molar-refractivity contribution is -0.137. The van der Waals surface area contributed by atoms with Crippen molar-refractivity contribution in [1.29, 1.82) is 0 Å². The van der Waals surface area contributed by atoms with Gasteiger partial charge in [0.2, 0.25) is 5.91 Å². The van der Waals surface area contributed by atoms with Crippen LogP contribution < -0.4 is 5.32 Å². The molecule has 26 heavy (non-hydrogen) atoms. The van der Waals surface area contributed by atoms with Gasteiger partial charge >= 0.3 is 5.97 Å². The maximum Gasteiger partial charge on any atom is 0.315 e. The van der Waals surface area contributed by atoms with Crippen molar-refractivity contribution >= 4 is 35.0 Å². The molecule has 0 spiro atoms. The standard InChI is InChI=1S/C20H25NO3S2/c1-3-5-15-7-9-16(10-8-15)20(17-6-4-12-26-17)21-18(22)11-13-25-14-19(23)24-2/h4,6-10,12,20H,3,5,11,13-14H2,1-2H3,(H,21,22). The fourth-order valence-electron chi connectivity index (χ4n) is 2.55. The van der Waals surface area contributed by atoms with Crippen molar-refractivity contribution < 1.29 is 14.3 Å². The largest absolute Gasteiger partial charge is 0.468 e. The van der Waals surface area contributed by atoms with Gasteiger partial charge in [-0.05, 0) is 29.0 Å². The Balaban J connectivity index is 1.97. The molecule has 0 saturated carbocycles. The zero-order chi connectivity index (χ0) is 18.8. The number of esters is 1. The van der Waals surface area contributed by atoms with Gasteiger partial charge < -0.3 is 10.1 Å². The molecule has 0 radical (unpaired) electrons. The highest BCUT2D eigenvalue weighted by Gasteiger charge is 2.18. The van der Waals surface area contributed by atoms with E-state index in [0.717, 1.165) is 23.3 Å². The van der Waals surface area contributed by atoms with E-state index in [1.54, 1.807) is 11.3 Å². The third kappa shape index (κ3) is 6.50. The van der Waals surface area contributed by atoms with E-state index in [0.29, 0.717) is 12.2 Å². The molecular formula is C20H25NO3S2. The van der Waals surface area contributed by atoms with Crippen molar-refractivity contribution in [3.8, 4) is 0 Å². The van der Waals surface area contributed by atoms with Crippen LogP contribution in [-0.2, 0) is 20.7 Å². The molecule has 0 aliphatic rings. The maximum atomic E-state index is 12.4. The Morgan fingerprint density at radius 2 is 2.00 bits per heavy atom. The van der Waals surface area contributed by atoms with Crippen molar-refractivity contribution in [1.82, 2.24) is 5.32 Å². The van der Waals surface area contributed by atoms with Gasteiger partial charge in [0.15, 0.2) is 0 Å². The predicted molar refractivity (Wildman–Crippen MR) is 109 cm³/mol. The summed E-state index contributed by atoms with van der Waals surface area (Å²) in [5, 5.41) is 5.15. The van der Waals surface area contributed by atoms with Crippen LogP contribution in [0.15, 0.2) is 41.8 Å². The summed E-state index contributed by atoms with van der Waals surface area (Å²) in [5.74, 6) is 0.585. The first kappa shape index (κ1) is 20.5. The molecule has 6 heteroatoms. The highest BCUT2D eigenvalue weighted by molar-refractivity contribution is 7.99. The van der Waals surface area contributed by atoms with E-state index in [1.165, 1.54) is 24.4 Å². The number of hydrogen-bond donors (Lipinski definition) is 1. The van der Waals surface area contributed by atoms with Crippen molar-refractivity contribution in [3.63, 3.8) is 0 Å². The van der Waals surface area contributed by atoms with Crippen LogP contribution in [0.3, 0.4) is 0 Å². The topological polar surface area (TPSA) is 55.4 Å². The summed E-state index contributed by atoms with van der Waals surface area (Å²) >= 11 is 3.05. The smallest absolute Gasteiger partial charge is 0.315 e. The summed E-state index contributed by atoms with van der Waals surface area (Å²) in [6.45, 7) is 2.17. The molecule has 0 fully saturated rings. The summed E-state index contributed by atoms with van der Waals surface area (Å²) < 4.78 is 4.60. The minimum Gasteiger partial charge on any atom is -0.468 e. The van der Waals surface area contributed by atoms with Gasteiger partial charge in [-0.25, -0.2) is 0 Å². The van der Waals surface area contributed by atoms with E-state index >= 15 is 0 Å². The van der Waals surface area contributed by atoms with E-state index in [1.807, 2.05) is 17.5 Å². The average Bonchev–Trinajstić information content (AvgIpc) is 3.18. The molecule has 1 aromatic carbocycles. The molecule has 4 nitrogen and oxygen atoms in total. The third-order valence-corrected chi connectivity index (χ3v) is 5.78. The Bertz CT molecular complexity index is 684. The number of rotatable bonds is 10. The number of aryl methyl sites for hydroxylation is 1. The quantitative estimate of drug-likeness (QED) is 0.487. The molecular weight excluding hydrogens is 366 g/mol. The Hall–Kier alpha value is -1.79. The lowest BCUT2D eigenvalue weighted by Crippen LogP contribution is -2.29. The van der Waals surface area contributed by atoms with Crippen LogP contribution >= 0.6 is 23.1 Å². The first-order valence-electron chi connectivity index (χ1n) is 8.70. The van der Waals surface area contributed by atoms with E-state index in [4.69, 9.17) is 0 Å². The summed E-state index contributed by atoms with van der Waals surface area (Å²) in [7, 11) is 1.37. The van der Waals surface area contributed by atoms with E-state index < -0.39 is 0 Å². The number of ether oxygens (including phenoxy) is 1. The van der Waals surface area contributed by atoms with Gasteiger partial charge in [0.1, 0.15) is 0 Å². The fourth-order valence-corrected chi connectivity index (χ4v) is 4.11. The first-order chi connectivity index (χ1) is 12.6. The van der Waals surface area contributed by atoms with Gasteiger partial charge in [-0.15, -0.1) is 23.1 Å². The highest BCUT2D eigenvalue weighted by atomic mass is 32.2. The minimum absolute atomic E-state index is 0.0154. The molecule has 1 atom stereocenters. The van der Waals surface area contributed by atoms with Crippen molar-refractivity contribution in [2.24, 2.45) is 0 Å². The number of carbonyl (C=O) groups is 2. The molecule has 140 valence electrons. The zero-order valence-corrected chi connectivity index (χ0v) is 16.8. The molecule has 1 amide bonds.